The van der Waals surface area contributed by atoms with Gasteiger partial charge in [0.2, 0.25) is 5.91 Å². The lowest BCUT2D eigenvalue weighted by atomic mass is 9.97. The first-order chi connectivity index (χ1) is 12.1. The number of ether oxygens (including phenoxy) is 1. The molecule has 2 aromatic rings. The maximum Gasteiger partial charge on any atom is 0.242 e. The molecule has 2 aromatic heterocycles. The second-order valence-corrected chi connectivity index (χ2v) is 6.47. The van der Waals surface area contributed by atoms with Gasteiger partial charge in [0.05, 0.1) is 18.3 Å². The summed E-state index contributed by atoms with van der Waals surface area (Å²) in [5.74, 6) is 1.33. The summed E-state index contributed by atoms with van der Waals surface area (Å²) in [6, 6.07) is 1.42. The Labute approximate surface area is 146 Å². The molecule has 25 heavy (non-hydrogen) atoms. The van der Waals surface area contributed by atoms with Crippen LogP contribution in [-0.4, -0.2) is 40.0 Å². The molecule has 0 aromatic carbocycles. The lowest BCUT2D eigenvalue weighted by molar-refractivity contribution is -0.118. The molecule has 3 rings (SSSR count). The van der Waals surface area contributed by atoms with Crippen molar-refractivity contribution >= 4 is 11.7 Å². The van der Waals surface area contributed by atoms with Gasteiger partial charge in [-0.15, -0.1) is 0 Å². The molecule has 1 aliphatic heterocycles. The van der Waals surface area contributed by atoms with Crippen molar-refractivity contribution in [1.82, 2.24) is 20.3 Å². The monoisotopic (exact) mass is 347 g/mol. The highest BCUT2D eigenvalue weighted by atomic mass is 16.5. The van der Waals surface area contributed by atoms with E-state index in [0.717, 1.165) is 18.6 Å². The summed E-state index contributed by atoms with van der Waals surface area (Å²) in [7, 11) is 1.90. The van der Waals surface area contributed by atoms with Crippen LogP contribution in [0.1, 0.15) is 37.2 Å². The molecule has 2 N–H and O–H groups in total. The molecule has 3 unspecified atom stereocenters. The zero-order chi connectivity index (χ0) is 17.8. The smallest absolute Gasteiger partial charge is 0.242 e. The average molecular weight is 347 g/mol. The fourth-order valence-electron chi connectivity index (χ4n) is 3.15. The minimum atomic E-state index is -0.285. The minimum Gasteiger partial charge on any atom is -0.373 e. The Balaban J connectivity index is 1.55. The number of nitrogens with zero attached hydrogens (tertiary/aromatic N) is 3. The molecule has 1 amide bonds. The molecule has 1 saturated heterocycles. The lowest BCUT2D eigenvalue weighted by Gasteiger charge is -2.21. The maximum atomic E-state index is 12.4. The van der Waals surface area contributed by atoms with Crippen molar-refractivity contribution < 1.29 is 14.1 Å². The molecule has 0 aliphatic carbocycles. The summed E-state index contributed by atoms with van der Waals surface area (Å²) in [6.07, 6.45) is 5.51. The van der Waals surface area contributed by atoms with Crippen molar-refractivity contribution in [2.45, 2.75) is 38.8 Å². The van der Waals surface area contributed by atoms with E-state index in [1.807, 2.05) is 26.4 Å². The second-order valence-electron chi connectivity index (χ2n) is 6.47. The predicted molar refractivity (Wildman–Crippen MR) is 92.0 cm³/mol. The molecule has 0 spiro atoms. The Kier molecular flexibility index (Phi) is 5.50. The van der Waals surface area contributed by atoms with E-state index in [2.05, 4.69) is 20.9 Å². The van der Waals surface area contributed by atoms with Crippen molar-refractivity contribution in [2.75, 3.05) is 18.5 Å². The van der Waals surface area contributed by atoms with Gasteiger partial charge in [-0.05, 0) is 19.8 Å². The van der Waals surface area contributed by atoms with Crippen molar-refractivity contribution in [1.29, 1.82) is 0 Å². The van der Waals surface area contributed by atoms with Crippen LogP contribution >= 0.6 is 0 Å². The predicted octanol–water partition coefficient (Wildman–Crippen LogP) is 1.80. The van der Waals surface area contributed by atoms with Crippen LogP contribution in [0.25, 0.3) is 0 Å². The standard InChI is InChI=1S/C17H25N5O3/c1-4-14(17(23)20-15-7-11(2)25-21-15)18-8-12-5-6-24-16(12)13-9-19-22(3)10-13/h7,9-10,12,14,16,18H,4-6,8H2,1-3H3,(H,20,21,23). The first-order valence-electron chi connectivity index (χ1n) is 8.64. The number of rotatable bonds is 7. The van der Waals surface area contributed by atoms with Crippen molar-refractivity contribution in [3.63, 3.8) is 0 Å². The van der Waals surface area contributed by atoms with Crippen LogP contribution in [0.2, 0.25) is 0 Å². The number of amides is 1. The van der Waals surface area contributed by atoms with Gasteiger partial charge in [0.25, 0.3) is 0 Å². The fraction of sp³-hybridized carbons (Fsp3) is 0.588. The Hall–Kier alpha value is -2.19. The number of hydrogen-bond acceptors (Lipinski definition) is 6. The first-order valence-corrected chi connectivity index (χ1v) is 8.64. The molecule has 8 heteroatoms. The third-order valence-electron chi connectivity index (χ3n) is 4.50. The molecule has 136 valence electrons. The summed E-state index contributed by atoms with van der Waals surface area (Å²) in [4.78, 5) is 12.4. The van der Waals surface area contributed by atoms with Crippen molar-refractivity contribution in [2.24, 2.45) is 13.0 Å². The normalized spacial score (nSPS) is 21.4. The molecule has 3 heterocycles. The number of aromatic nitrogens is 3. The van der Waals surface area contributed by atoms with Gasteiger partial charge in [0.1, 0.15) is 5.76 Å². The van der Waals surface area contributed by atoms with Crippen LogP contribution in [0.3, 0.4) is 0 Å². The Morgan fingerprint density at radius 3 is 3.00 bits per heavy atom. The van der Waals surface area contributed by atoms with Crippen LogP contribution in [0, 0.1) is 12.8 Å². The van der Waals surface area contributed by atoms with E-state index in [9.17, 15) is 4.79 Å². The third kappa shape index (κ3) is 4.26. The highest BCUT2D eigenvalue weighted by Gasteiger charge is 2.31. The van der Waals surface area contributed by atoms with Crippen LogP contribution < -0.4 is 10.6 Å². The highest BCUT2D eigenvalue weighted by molar-refractivity contribution is 5.93. The first kappa shape index (κ1) is 17.6. The molecule has 1 aliphatic rings. The van der Waals surface area contributed by atoms with E-state index >= 15 is 0 Å². The Morgan fingerprint density at radius 1 is 1.52 bits per heavy atom. The summed E-state index contributed by atoms with van der Waals surface area (Å²) in [6.45, 7) is 5.21. The minimum absolute atomic E-state index is 0.0277. The molecule has 3 atom stereocenters. The van der Waals surface area contributed by atoms with E-state index < -0.39 is 0 Å². The van der Waals surface area contributed by atoms with E-state index in [1.54, 1.807) is 17.7 Å². The SMILES string of the molecule is CCC(NCC1CCOC1c1cnn(C)c1)C(=O)Nc1cc(C)on1. The summed E-state index contributed by atoms with van der Waals surface area (Å²) >= 11 is 0. The number of anilines is 1. The third-order valence-corrected chi connectivity index (χ3v) is 4.50. The number of nitrogens with one attached hydrogen (secondary N) is 2. The molecular weight excluding hydrogens is 322 g/mol. The van der Waals surface area contributed by atoms with Gasteiger partial charge in [-0.3, -0.25) is 9.48 Å². The van der Waals surface area contributed by atoms with Gasteiger partial charge < -0.3 is 19.9 Å². The molecule has 1 fully saturated rings. The second kappa shape index (κ2) is 7.79. The van der Waals surface area contributed by atoms with Crippen LogP contribution in [-0.2, 0) is 16.6 Å². The number of aryl methyl sites for hydroxylation is 2. The van der Waals surface area contributed by atoms with Gasteiger partial charge in [0.15, 0.2) is 5.82 Å². The molecule has 0 saturated carbocycles. The van der Waals surface area contributed by atoms with E-state index in [-0.39, 0.29) is 18.1 Å². The number of carbonyl (C=O) groups is 1. The van der Waals surface area contributed by atoms with Gasteiger partial charge in [-0.1, -0.05) is 12.1 Å². The van der Waals surface area contributed by atoms with Gasteiger partial charge in [-0.2, -0.15) is 5.10 Å². The van der Waals surface area contributed by atoms with Crippen LogP contribution in [0.5, 0.6) is 0 Å². The van der Waals surface area contributed by atoms with E-state index in [1.165, 1.54) is 0 Å². The maximum absolute atomic E-state index is 12.4. The summed E-state index contributed by atoms with van der Waals surface area (Å²) in [5.41, 5.74) is 1.09. The largest absolute Gasteiger partial charge is 0.373 e. The van der Waals surface area contributed by atoms with Crippen molar-refractivity contribution in [3.8, 4) is 0 Å². The van der Waals surface area contributed by atoms with Crippen LogP contribution in [0.15, 0.2) is 23.0 Å². The van der Waals surface area contributed by atoms with Gasteiger partial charge in [0, 0.05) is 43.9 Å². The summed E-state index contributed by atoms with van der Waals surface area (Å²) < 4.78 is 12.6. The lowest BCUT2D eigenvalue weighted by Crippen LogP contribution is -2.42. The Morgan fingerprint density at radius 2 is 2.36 bits per heavy atom. The van der Waals surface area contributed by atoms with Gasteiger partial charge >= 0.3 is 0 Å². The van der Waals surface area contributed by atoms with Gasteiger partial charge in [-0.25, -0.2) is 0 Å². The number of carbonyl (C=O) groups excluding carboxylic acids is 1. The fourth-order valence-corrected chi connectivity index (χ4v) is 3.15. The zero-order valence-electron chi connectivity index (χ0n) is 14.9. The molecule has 8 nitrogen and oxygen atoms in total. The molecular formula is C17H25N5O3. The highest BCUT2D eigenvalue weighted by Crippen LogP contribution is 2.33. The quantitative estimate of drug-likeness (QED) is 0.793. The number of hydrogen-bond donors (Lipinski definition) is 2. The molecule has 0 bridgehead atoms. The zero-order valence-corrected chi connectivity index (χ0v) is 14.9. The van der Waals surface area contributed by atoms with Crippen molar-refractivity contribution in [3.05, 3.63) is 29.8 Å². The van der Waals surface area contributed by atoms with E-state index in [0.29, 0.717) is 30.5 Å². The topological polar surface area (TPSA) is 94.2 Å². The van der Waals surface area contributed by atoms with E-state index in [4.69, 9.17) is 9.26 Å². The van der Waals surface area contributed by atoms with Crippen LogP contribution in [0.4, 0.5) is 5.82 Å². The summed E-state index contributed by atoms with van der Waals surface area (Å²) in [5, 5.41) is 14.2. The molecule has 0 radical (unpaired) electrons. The Bertz CT molecular complexity index is 711. The average Bonchev–Trinajstić information content (AvgIpc) is 3.29.